The quantitative estimate of drug-likeness (QED) is 0.397. The molecule has 0 heterocycles. The van der Waals surface area contributed by atoms with Crippen molar-refractivity contribution in [1.82, 2.24) is 0 Å². The van der Waals surface area contributed by atoms with Gasteiger partial charge in [0.15, 0.2) is 17.4 Å². The summed E-state index contributed by atoms with van der Waals surface area (Å²) in [5.41, 5.74) is 0. The van der Waals surface area contributed by atoms with E-state index in [1.54, 1.807) is 0 Å². The molecule has 0 atom stereocenters. The molecular formula is H10AlBaGaSe. The van der Waals surface area contributed by atoms with Gasteiger partial charge in [0, 0.05) is 0 Å². The van der Waals surface area contributed by atoms with E-state index in [9.17, 15) is 0 Å². The Balaban J connectivity index is 0. The van der Waals surface area contributed by atoms with Crippen LogP contribution >= 0.6 is 0 Å². The second-order valence-corrected chi connectivity index (χ2v) is 0. The van der Waals surface area contributed by atoms with E-state index in [0.717, 1.165) is 0 Å². The van der Waals surface area contributed by atoms with E-state index in [1.165, 1.54) is 0 Å². The van der Waals surface area contributed by atoms with E-state index in [0.29, 0.717) is 0 Å². The Morgan fingerprint density at radius 2 is 1.00 bits per heavy atom. The van der Waals surface area contributed by atoms with Gasteiger partial charge >= 0.3 is 85.7 Å². The molecule has 0 saturated carbocycles. The molecule has 0 spiro atoms. The Morgan fingerprint density at radius 3 is 1.00 bits per heavy atom. The molecule has 0 aromatic heterocycles. The maximum atomic E-state index is 0. The van der Waals surface area contributed by atoms with Crippen molar-refractivity contribution < 1.29 is 0 Å². The van der Waals surface area contributed by atoms with E-state index in [1.807, 2.05) is 0 Å². The van der Waals surface area contributed by atoms with Crippen LogP contribution in [0.5, 0.6) is 0 Å². The third-order valence-corrected chi connectivity index (χ3v) is 0. The monoisotopic (exact) mass is 324 g/mol. The molecular weight excluding hydrogens is 313 g/mol. The summed E-state index contributed by atoms with van der Waals surface area (Å²) in [6.45, 7) is 0. The van der Waals surface area contributed by atoms with Crippen LogP contribution in [0.3, 0.4) is 0 Å². The van der Waals surface area contributed by atoms with E-state index in [4.69, 9.17) is 0 Å². The molecule has 0 aliphatic rings. The summed E-state index contributed by atoms with van der Waals surface area (Å²) < 4.78 is 0. The van der Waals surface area contributed by atoms with Crippen molar-refractivity contribution in [2.45, 2.75) is 0 Å². The topological polar surface area (TPSA) is 0 Å². The average molecular weight is 323 g/mol. The first kappa shape index (κ1) is 26.8. The van der Waals surface area contributed by atoms with Gasteiger partial charge in [-0.1, -0.05) is 0 Å². The van der Waals surface area contributed by atoms with Crippen molar-refractivity contribution in [2.75, 3.05) is 0 Å². The summed E-state index contributed by atoms with van der Waals surface area (Å²) in [6.07, 6.45) is 0. The van der Waals surface area contributed by atoms with Crippen LogP contribution < -0.4 is 0 Å². The van der Waals surface area contributed by atoms with Crippen LogP contribution in [0.1, 0.15) is 0 Å². The minimum absolute atomic E-state index is 0. The molecule has 0 aromatic rings. The molecule has 0 radical (unpaired) electrons. The second-order valence-electron chi connectivity index (χ2n) is 0. The van der Waals surface area contributed by atoms with Crippen LogP contribution in [0.2, 0.25) is 0 Å². The van der Waals surface area contributed by atoms with Gasteiger partial charge in [-0.15, -0.1) is 0 Å². The van der Waals surface area contributed by atoms with Crippen LogP contribution in [0.4, 0.5) is 0 Å². The Hall–Kier alpha value is 3.26. The first-order valence-electron chi connectivity index (χ1n) is 0. The van der Waals surface area contributed by atoms with Crippen molar-refractivity contribution in [2.24, 2.45) is 0 Å². The van der Waals surface area contributed by atoms with E-state index >= 15 is 0 Å². The number of rotatable bonds is 0. The fraction of sp³-hybridized carbons (Fsp3) is 0. The van der Waals surface area contributed by atoms with E-state index in [2.05, 4.69) is 0 Å². The molecule has 0 aromatic carbocycles. The van der Waals surface area contributed by atoms with Gasteiger partial charge in [0.1, 0.15) is 0 Å². The first-order valence-corrected chi connectivity index (χ1v) is 0. The summed E-state index contributed by atoms with van der Waals surface area (Å²) in [6, 6.07) is 0. The van der Waals surface area contributed by atoms with Gasteiger partial charge in [-0.3, -0.25) is 0 Å². The fourth-order valence-corrected chi connectivity index (χ4v) is 0. The Labute approximate surface area is 101 Å². The van der Waals surface area contributed by atoms with Gasteiger partial charge < -0.3 is 0 Å². The fourth-order valence-electron chi connectivity index (χ4n) is 0. The summed E-state index contributed by atoms with van der Waals surface area (Å²) >= 11 is 0. The van der Waals surface area contributed by atoms with Crippen LogP contribution in [-0.4, -0.2) is 103 Å². The third kappa shape index (κ3) is 8.98. The van der Waals surface area contributed by atoms with Crippen molar-refractivity contribution >= 4 is 103 Å². The summed E-state index contributed by atoms with van der Waals surface area (Å²) in [5.74, 6) is 0. The first-order chi connectivity index (χ1) is 0. The molecule has 0 bridgehead atoms. The van der Waals surface area contributed by atoms with E-state index < -0.39 is 0 Å². The SMILES string of the molecule is [AlH3].[BaH2].[GaH3].[SeH2]. The molecule has 0 rings (SSSR count). The van der Waals surface area contributed by atoms with Gasteiger partial charge in [-0.05, 0) is 0 Å². The maximum absolute atomic E-state index is 0. The van der Waals surface area contributed by atoms with Crippen LogP contribution in [-0.2, 0) is 0 Å². The molecule has 4 heavy (non-hydrogen) atoms. The molecule has 0 saturated heterocycles. The average Bonchev–Trinajstić information content (AvgIpc) is 0. The standard InChI is InChI=1S/Al.Ba.Ga.H2Se.8H/h;;;1H2;;;;;;;;. The van der Waals surface area contributed by atoms with Crippen LogP contribution in [0.15, 0.2) is 0 Å². The summed E-state index contributed by atoms with van der Waals surface area (Å²) in [7, 11) is 0. The Bertz CT molecular complexity index is 8.00. The van der Waals surface area contributed by atoms with Gasteiger partial charge in [0.05, 0.1) is 0 Å². The number of hydrogen-bond acceptors (Lipinski definition) is 0. The van der Waals surface area contributed by atoms with Gasteiger partial charge in [0.25, 0.3) is 0 Å². The molecule has 0 aliphatic carbocycles. The normalized spacial score (nSPS) is 0. The van der Waals surface area contributed by atoms with Gasteiger partial charge in [-0.25, -0.2) is 0 Å². The van der Waals surface area contributed by atoms with Crippen LogP contribution in [0, 0.1) is 0 Å². The predicted octanol–water partition coefficient (Wildman–Crippen LogP) is -4.20. The Kier molecular flexibility index (Phi) is 109. The van der Waals surface area contributed by atoms with Crippen LogP contribution in [0.25, 0.3) is 0 Å². The summed E-state index contributed by atoms with van der Waals surface area (Å²) in [4.78, 5) is 0. The van der Waals surface area contributed by atoms with E-state index in [-0.39, 0.29) is 103 Å². The zero-order valence-corrected chi connectivity index (χ0v) is 2.60. The molecule has 0 N–H and O–H groups in total. The molecule has 0 nitrogen and oxygen atoms in total. The minimum atomic E-state index is 0. The molecule has 4 heteroatoms. The van der Waals surface area contributed by atoms with Gasteiger partial charge in [-0.2, -0.15) is 0 Å². The molecule has 0 aliphatic heterocycles. The molecule has 24 valence electrons. The molecule has 0 amide bonds. The number of hydrogen-bond donors (Lipinski definition) is 0. The van der Waals surface area contributed by atoms with Crippen molar-refractivity contribution in [1.29, 1.82) is 0 Å². The van der Waals surface area contributed by atoms with Crippen molar-refractivity contribution in [3.8, 4) is 0 Å². The van der Waals surface area contributed by atoms with Crippen molar-refractivity contribution in [3.63, 3.8) is 0 Å². The zero-order chi connectivity index (χ0) is 0. The van der Waals surface area contributed by atoms with Gasteiger partial charge in [0.2, 0.25) is 0 Å². The Morgan fingerprint density at radius 1 is 1.00 bits per heavy atom. The zero-order valence-electron chi connectivity index (χ0n) is 0.500. The third-order valence-electron chi connectivity index (χ3n) is 0. The predicted molar refractivity (Wildman–Crippen MR) is 37.0 cm³/mol. The molecule has 0 fully saturated rings. The van der Waals surface area contributed by atoms with Crippen molar-refractivity contribution in [3.05, 3.63) is 0 Å². The molecule has 0 unspecified atom stereocenters. The summed E-state index contributed by atoms with van der Waals surface area (Å²) in [5, 5.41) is 0. The second kappa shape index (κ2) is 16.3.